The molecular weight excluding hydrogens is 222 g/mol. The second kappa shape index (κ2) is 6.85. The van der Waals surface area contributed by atoms with Gasteiger partial charge in [0.25, 0.3) is 0 Å². The molecule has 0 aliphatic heterocycles. The number of carbonyl (C=O) groups excluding carboxylic acids is 1. The number of hydrogen-bond acceptors (Lipinski definition) is 3. The van der Waals surface area contributed by atoms with E-state index in [4.69, 9.17) is 5.11 Å². The zero-order chi connectivity index (χ0) is 13.5. The average Bonchev–Trinajstić information content (AvgIpc) is 2.25. The number of carboxylic acids is 1. The highest BCUT2D eigenvalue weighted by molar-refractivity contribution is 5.81. The Labute approximate surface area is 101 Å². The summed E-state index contributed by atoms with van der Waals surface area (Å²) in [6.45, 7) is 7.89. The third kappa shape index (κ3) is 5.31. The van der Waals surface area contributed by atoms with Gasteiger partial charge in [0.2, 0.25) is 5.91 Å². The van der Waals surface area contributed by atoms with Crippen molar-refractivity contribution in [2.24, 2.45) is 5.92 Å². The van der Waals surface area contributed by atoms with E-state index in [1.807, 2.05) is 0 Å². The summed E-state index contributed by atoms with van der Waals surface area (Å²) < 4.78 is 0. The van der Waals surface area contributed by atoms with Gasteiger partial charge in [0.15, 0.2) is 5.60 Å². The molecule has 0 aromatic carbocycles. The molecule has 3 N–H and O–H groups in total. The molecule has 0 aromatic heterocycles. The van der Waals surface area contributed by atoms with Crippen molar-refractivity contribution in [2.45, 2.75) is 25.4 Å². The normalized spacial score (nSPS) is 13.8. The Hall–Kier alpha value is -1.62. The van der Waals surface area contributed by atoms with Crippen LogP contribution in [0.25, 0.3) is 0 Å². The van der Waals surface area contributed by atoms with Crippen molar-refractivity contribution in [3.8, 4) is 0 Å². The first-order valence-electron chi connectivity index (χ1n) is 5.30. The molecule has 0 rings (SSSR count). The van der Waals surface area contributed by atoms with Crippen molar-refractivity contribution in [3.63, 3.8) is 0 Å². The molecular formula is C12H19NO4. The van der Waals surface area contributed by atoms with Crippen LogP contribution in [0.2, 0.25) is 0 Å². The SMILES string of the molecule is C=CCC(CC=C)C(=O)NCC(C)(O)C(=O)O. The highest BCUT2D eigenvalue weighted by atomic mass is 16.4. The molecule has 0 aliphatic rings. The van der Waals surface area contributed by atoms with Crippen molar-refractivity contribution in [2.75, 3.05) is 6.54 Å². The van der Waals surface area contributed by atoms with Crippen molar-refractivity contribution in [3.05, 3.63) is 25.3 Å². The number of carboxylic acid groups (broad SMARTS) is 1. The van der Waals surface area contributed by atoms with Gasteiger partial charge in [-0.1, -0.05) is 12.2 Å². The molecule has 17 heavy (non-hydrogen) atoms. The number of aliphatic carboxylic acids is 1. The van der Waals surface area contributed by atoms with E-state index in [0.29, 0.717) is 12.8 Å². The zero-order valence-electron chi connectivity index (χ0n) is 9.98. The van der Waals surface area contributed by atoms with E-state index in [-0.39, 0.29) is 18.4 Å². The Morgan fingerprint density at radius 3 is 2.18 bits per heavy atom. The van der Waals surface area contributed by atoms with Crippen LogP contribution in [0.3, 0.4) is 0 Å². The van der Waals surface area contributed by atoms with Crippen molar-refractivity contribution in [1.29, 1.82) is 0 Å². The maximum atomic E-state index is 11.7. The average molecular weight is 241 g/mol. The molecule has 0 heterocycles. The van der Waals surface area contributed by atoms with Gasteiger partial charge in [-0.15, -0.1) is 13.2 Å². The van der Waals surface area contributed by atoms with Gasteiger partial charge < -0.3 is 15.5 Å². The zero-order valence-corrected chi connectivity index (χ0v) is 9.98. The summed E-state index contributed by atoms with van der Waals surface area (Å²) in [5.74, 6) is -2.01. The minimum atomic E-state index is -1.96. The molecule has 0 fully saturated rings. The van der Waals surface area contributed by atoms with E-state index >= 15 is 0 Å². The number of rotatable bonds is 8. The number of carbonyl (C=O) groups is 2. The second-order valence-corrected chi connectivity index (χ2v) is 4.04. The minimum absolute atomic E-state index is 0.314. The summed E-state index contributed by atoms with van der Waals surface area (Å²) in [7, 11) is 0. The van der Waals surface area contributed by atoms with Gasteiger partial charge in [-0.2, -0.15) is 0 Å². The van der Waals surface area contributed by atoms with E-state index in [1.165, 1.54) is 0 Å². The Kier molecular flexibility index (Phi) is 6.20. The largest absolute Gasteiger partial charge is 0.479 e. The van der Waals surface area contributed by atoms with Crippen LogP contribution in [0.15, 0.2) is 25.3 Å². The molecule has 0 saturated carbocycles. The maximum absolute atomic E-state index is 11.7. The predicted octanol–water partition coefficient (Wildman–Crippen LogP) is 0.707. The third-order valence-corrected chi connectivity index (χ3v) is 2.34. The lowest BCUT2D eigenvalue weighted by Crippen LogP contribution is -2.47. The molecule has 0 saturated heterocycles. The summed E-state index contributed by atoms with van der Waals surface area (Å²) in [6.07, 6.45) is 4.19. The van der Waals surface area contributed by atoms with E-state index in [9.17, 15) is 14.7 Å². The van der Waals surface area contributed by atoms with E-state index in [2.05, 4.69) is 18.5 Å². The smallest absolute Gasteiger partial charge is 0.337 e. The molecule has 96 valence electrons. The van der Waals surface area contributed by atoms with Gasteiger partial charge >= 0.3 is 5.97 Å². The maximum Gasteiger partial charge on any atom is 0.337 e. The topological polar surface area (TPSA) is 86.6 Å². The van der Waals surface area contributed by atoms with E-state index in [0.717, 1.165) is 6.92 Å². The Morgan fingerprint density at radius 1 is 1.35 bits per heavy atom. The second-order valence-electron chi connectivity index (χ2n) is 4.04. The van der Waals surface area contributed by atoms with Crippen molar-refractivity contribution >= 4 is 11.9 Å². The fraction of sp³-hybridized carbons (Fsp3) is 0.500. The van der Waals surface area contributed by atoms with Crippen LogP contribution in [0.5, 0.6) is 0 Å². The van der Waals surface area contributed by atoms with Gasteiger partial charge in [-0.05, 0) is 19.8 Å². The summed E-state index contributed by atoms with van der Waals surface area (Å²) in [5.41, 5.74) is -1.96. The lowest BCUT2D eigenvalue weighted by molar-refractivity contribution is -0.156. The molecule has 0 aromatic rings. The fourth-order valence-electron chi connectivity index (χ4n) is 1.19. The highest BCUT2D eigenvalue weighted by Gasteiger charge is 2.31. The molecule has 5 nitrogen and oxygen atoms in total. The number of hydrogen-bond donors (Lipinski definition) is 3. The molecule has 1 amide bonds. The van der Waals surface area contributed by atoms with Crippen LogP contribution in [0.4, 0.5) is 0 Å². The number of allylic oxidation sites excluding steroid dienone is 2. The Morgan fingerprint density at radius 2 is 1.82 bits per heavy atom. The Balaban J connectivity index is 4.36. The van der Waals surface area contributed by atoms with Crippen molar-refractivity contribution in [1.82, 2.24) is 5.32 Å². The lowest BCUT2D eigenvalue weighted by Gasteiger charge is -2.20. The van der Waals surface area contributed by atoms with Crippen LogP contribution in [-0.4, -0.2) is 34.2 Å². The molecule has 0 spiro atoms. The molecule has 0 bridgehead atoms. The van der Waals surface area contributed by atoms with Gasteiger partial charge in [0.1, 0.15) is 0 Å². The summed E-state index contributed by atoms with van der Waals surface area (Å²) in [6, 6.07) is 0. The van der Waals surface area contributed by atoms with Crippen LogP contribution < -0.4 is 5.32 Å². The highest BCUT2D eigenvalue weighted by Crippen LogP contribution is 2.10. The molecule has 1 unspecified atom stereocenters. The Bertz CT molecular complexity index is 300. The monoisotopic (exact) mass is 241 g/mol. The quantitative estimate of drug-likeness (QED) is 0.546. The van der Waals surface area contributed by atoms with Crippen LogP contribution in [0.1, 0.15) is 19.8 Å². The standard InChI is InChI=1S/C12H19NO4/c1-4-6-9(7-5-2)10(14)13-8-12(3,17)11(15)16/h4-5,9,17H,1-2,6-8H2,3H3,(H,13,14)(H,15,16). The van der Waals surface area contributed by atoms with Gasteiger partial charge in [-0.25, -0.2) is 4.79 Å². The van der Waals surface area contributed by atoms with E-state index in [1.54, 1.807) is 12.2 Å². The predicted molar refractivity (Wildman–Crippen MR) is 64.4 cm³/mol. The van der Waals surface area contributed by atoms with Gasteiger partial charge in [0.05, 0.1) is 6.54 Å². The first kappa shape index (κ1) is 15.4. The molecule has 0 radical (unpaired) electrons. The van der Waals surface area contributed by atoms with Crippen LogP contribution >= 0.6 is 0 Å². The first-order chi connectivity index (χ1) is 7.85. The molecule has 1 atom stereocenters. The van der Waals surface area contributed by atoms with Gasteiger partial charge in [0, 0.05) is 5.92 Å². The summed E-state index contributed by atoms with van der Waals surface area (Å²) in [5, 5.41) is 20.5. The summed E-state index contributed by atoms with van der Waals surface area (Å²) in [4.78, 5) is 22.3. The van der Waals surface area contributed by atoms with Gasteiger partial charge in [-0.3, -0.25) is 4.79 Å². The fourth-order valence-corrected chi connectivity index (χ4v) is 1.19. The number of amides is 1. The number of aliphatic hydroxyl groups is 1. The van der Waals surface area contributed by atoms with E-state index < -0.39 is 11.6 Å². The lowest BCUT2D eigenvalue weighted by atomic mass is 9.99. The number of nitrogens with one attached hydrogen (secondary N) is 1. The van der Waals surface area contributed by atoms with Crippen LogP contribution in [0, 0.1) is 5.92 Å². The first-order valence-corrected chi connectivity index (χ1v) is 5.30. The van der Waals surface area contributed by atoms with Crippen LogP contribution in [-0.2, 0) is 9.59 Å². The molecule has 5 heteroatoms. The molecule has 0 aliphatic carbocycles. The summed E-state index contributed by atoms with van der Waals surface area (Å²) >= 11 is 0. The minimum Gasteiger partial charge on any atom is -0.479 e. The third-order valence-electron chi connectivity index (χ3n) is 2.34. The van der Waals surface area contributed by atoms with Crippen molar-refractivity contribution < 1.29 is 19.8 Å².